The van der Waals surface area contributed by atoms with Gasteiger partial charge in [-0.2, -0.15) is 0 Å². The SMILES string of the molecule is N=C(N)N1CCC(OCC[C@H]2CCCCN2C(=O)[C@H](CC(=O)O)NC2CCOCC2)CC1. The highest BCUT2D eigenvalue weighted by molar-refractivity contribution is 5.86. The van der Waals surface area contributed by atoms with E-state index in [0.29, 0.717) is 26.4 Å². The summed E-state index contributed by atoms with van der Waals surface area (Å²) < 4.78 is 11.5. The van der Waals surface area contributed by atoms with Crippen LogP contribution >= 0.6 is 0 Å². The molecule has 0 saturated carbocycles. The van der Waals surface area contributed by atoms with Crippen LogP contribution in [0.5, 0.6) is 0 Å². The van der Waals surface area contributed by atoms with Crippen molar-refractivity contribution in [2.24, 2.45) is 5.73 Å². The molecule has 0 unspecified atom stereocenters. The van der Waals surface area contributed by atoms with E-state index in [2.05, 4.69) is 5.32 Å². The normalized spacial score (nSPS) is 24.3. The van der Waals surface area contributed by atoms with Gasteiger partial charge in [0.15, 0.2) is 5.96 Å². The lowest BCUT2D eigenvalue weighted by molar-refractivity contribution is -0.145. The molecule has 182 valence electrons. The van der Waals surface area contributed by atoms with Crippen LogP contribution < -0.4 is 11.1 Å². The van der Waals surface area contributed by atoms with Crippen LogP contribution in [0.4, 0.5) is 0 Å². The number of hydrogen-bond acceptors (Lipinski definition) is 6. The largest absolute Gasteiger partial charge is 0.481 e. The van der Waals surface area contributed by atoms with E-state index in [1.165, 1.54) is 0 Å². The molecule has 0 spiro atoms. The third kappa shape index (κ3) is 7.31. The van der Waals surface area contributed by atoms with E-state index < -0.39 is 12.0 Å². The molecule has 5 N–H and O–H groups in total. The van der Waals surface area contributed by atoms with Gasteiger partial charge in [-0.05, 0) is 51.4 Å². The van der Waals surface area contributed by atoms with E-state index in [1.807, 2.05) is 9.80 Å². The second kappa shape index (κ2) is 12.4. The summed E-state index contributed by atoms with van der Waals surface area (Å²) in [5, 5.41) is 20.2. The van der Waals surface area contributed by atoms with Gasteiger partial charge in [0, 0.05) is 51.5 Å². The van der Waals surface area contributed by atoms with Crippen LogP contribution in [-0.2, 0) is 19.1 Å². The van der Waals surface area contributed by atoms with Gasteiger partial charge in [-0.3, -0.25) is 15.0 Å². The van der Waals surface area contributed by atoms with E-state index in [-0.39, 0.29) is 36.5 Å². The maximum atomic E-state index is 13.4. The van der Waals surface area contributed by atoms with Crippen molar-refractivity contribution in [3.05, 3.63) is 0 Å². The van der Waals surface area contributed by atoms with Crippen molar-refractivity contribution in [1.82, 2.24) is 15.1 Å². The summed E-state index contributed by atoms with van der Waals surface area (Å²) in [7, 11) is 0. The smallest absolute Gasteiger partial charge is 0.305 e. The third-order valence-corrected chi connectivity index (χ3v) is 6.83. The Morgan fingerprint density at radius 3 is 2.50 bits per heavy atom. The third-order valence-electron chi connectivity index (χ3n) is 6.83. The number of carbonyl (C=O) groups excluding carboxylic acids is 1. The predicted molar refractivity (Wildman–Crippen MR) is 119 cm³/mol. The minimum absolute atomic E-state index is 0.0846. The quantitative estimate of drug-likeness (QED) is 0.296. The fraction of sp³-hybridized carbons (Fsp3) is 0.864. The Balaban J connectivity index is 1.51. The van der Waals surface area contributed by atoms with Crippen LogP contribution in [0.3, 0.4) is 0 Å². The van der Waals surface area contributed by atoms with Crippen LogP contribution in [0.15, 0.2) is 0 Å². The van der Waals surface area contributed by atoms with Crippen molar-refractivity contribution < 1.29 is 24.2 Å². The van der Waals surface area contributed by atoms with E-state index in [9.17, 15) is 14.7 Å². The first-order chi connectivity index (χ1) is 15.4. The molecule has 10 nitrogen and oxygen atoms in total. The van der Waals surface area contributed by atoms with E-state index >= 15 is 0 Å². The predicted octanol–water partition coefficient (Wildman–Crippen LogP) is 0.744. The molecule has 0 aliphatic carbocycles. The number of amides is 1. The summed E-state index contributed by atoms with van der Waals surface area (Å²) in [5.74, 6) is -0.944. The average molecular weight is 454 g/mol. The highest BCUT2D eigenvalue weighted by Crippen LogP contribution is 2.23. The molecule has 0 bridgehead atoms. The number of carboxylic acid groups (broad SMARTS) is 1. The molecular weight excluding hydrogens is 414 g/mol. The van der Waals surface area contributed by atoms with E-state index in [1.54, 1.807) is 0 Å². The Hall–Kier alpha value is -1.91. The van der Waals surface area contributed by atoms with Gasteiger partial charge in [0.05, 0.1) is 18.6 Å². The van der Waals surface area contributed by atoms with Gasteiger partial charge in [0.2, 0.25) is 5.91 Å². The number of ether oxygens (including phenoxy) is 2. The number of nitrogens with zero attached hydrogens (tertiary/aromatic N) is 2. The monoisotopic (exact) mass is 453 g/mol. The molecule has 3 fully saturated rings. The minimum atomic E-state index is -0.961. The zero-order valence-corrected chi connectivity index (χ0v) is 19.0. The molecule has 32 heavy (non-hydrogen) atoms. The fourth-order valence-electron chi connectivity index (χ4n) is 4.97. The van der Waals surface area contributed by atoms with Gasteiger partial charge < -0.3 is 35.4 Å². The molecule has 0 aromatic carbocycles. The molecular formula is C22H39N5O5. The first kappa shape index (κ1) is 24.7. The average Bonchev–Trinajstić information content (AvgIpc) is 2.79. The molecule has 0 aromatic heterocycles. The number of guanidine groups is 1. The van der Waals surface area contributed by atoms with Crippen molar-refractivity contribution in [2.75, 3.05) is 39.5 Å². The van der Waals surface area contributed by atoms with E-state index in [0.717, 1.165) is 64.5 Å². The number of carboxylic acids is 1. The number of aliphatic carboxylic acids is 1. The summed E-state index contributed by atoms with van der Waals surface area (Å²) in [5.41, 5.74) is 5.55. The lowest BCUT2D eigenvalue weighted by Crippen LogP contribution is -2.55. The minimum Gasteiger partial charge on any atom is -0.481 e. The van der Waals surface area contributed by atoms with Crippen LogP contribution in [0, 0.1) is 5.41 Å². The molecule has 1 amide bonds. The van der Waals surface area contributed by atoms with Gasteiger partial charge >= 0.3 is 5.97 Å². The Bertz CT molecular complexity index is 634. The summed E-state index contributed by atoms with van der Waals surface area (Å²) in [6, 6.07) is -0.501. The lowest BCUT2D eigenvalue weighted by Gasteiger charge is -2.39. The highest BCUT2D eigenvalue weighted by Gasteiger charge is 2.34. The van der Waals surface area contributed by atoms with Gasteiger partial charge in [0.1, 0.15) is 0 Å². The van der Waals surface area contributed by atoms with Crippen molar-refractivity contribution in [3.8, 4) is 0 Å². The van der Waals surface area contributed by atoms with Crippen LogP contribution in [-0.4, -0.2) is 96.4 Å². The first-order valence-corrected chi connectivity index (χ1v) is 12.0. The van der Waals surface area contributed by atoms with E-state index in [4.69, 9.17) is 20.6 Å². The highest BCUT2D eigenvalue weighted by atomic mass is 16.5. The maximum absolute atomic E-state index is 13.4. The standard InChI is InChI=1S/C22H39N5O5/c23-22(24)26-10-4-18(5-11-26)32-14-8-17-3-1-2-9-27(17)21(30)19(15-20(28)29)25-16-6-12-31-13-7-16/h16-19,25H,1-15H2,(H3,23,24)(H,28,29)/t17-,19+/m1/s1. The van der Waals surface area contributed by atoms with Gasteiger partial charge in [0.25, 0.3) is 0 Å². The summed E-state index contributed by atoms with van der Waals surface area (Å²) >= 11 is 0. The zero-order chi connectivity index (χ0) is 22.9. The number of likely N-dealkylation sites (tertiary alicyclic amines) is 2. The molecule has 10 heteroatoms. The molecule has 3 aliphatic rings. The fourth-order valence-corrected chi connectivity index (χ4v) is 4.97. The molecule has 3 aliphatic heterocycles. The van der Waals surface area contributed by atoms with Crippen molar-refractivity contribution in [2.45, 2.75) is 82.0 Å². The molecule has 3 heterocycles. The molecule has 0 radical (unpaired) electrons. The van der Waals surface area contributed by atoms with Gasteiger partial charge in [-0.25, -0.2) is 0 Å². The van der Waals surface area contributed by atoms with Crippen molar-refractivity contribution >= 4 is 17.8 Å². The number of rotatable bonds is 9. The Morgan fingerprint density at radius 2 is 1.84 bits per heavy atom. The number of nitrogens with two attached hydrogens (primary N) is 1. The molecule has 3 rings (SSSR count). The second-order valence-corrected chi connectivity index (χ2v) is 9.12. The Morgan fingerprint density at radius 1 is 1.12 bits per heavy atom. The molecule has 0 aromatic rings. The van der Waals surface area contributed by atoms with Crippen molar-refractivity contribution in [1.29, 1.82) is 5.41 Å². The summed E-state index contributed by atoms with van der Waals surface area (Å²) in [6.45, 7) is 4.01. The first-order valence-electron chi connectivity index (χ1n) is 12.0. The molecule has 2 atom stereocenters. The van der Waals surface area contributed by atoms with Crippen LogP contribution in [0.25, 0.3) is 0 Å². The number of carbonyl (C=O) groups is 2. The number of nitrogens with one attached hydrogen (secondary N) is 2. The molecule has 3 saturated heterocycles. The summed E-state index contributed by atoms with van der Waals surface area (Å²) in [4.78, 5) is 28.6. The lowest BCUT2D eigenvalue weighted by atomic mass is 9.97. The second-order valence-electron chi connectivity index (χ2n) is 9.12. The van der Waals surface area contributed by atoms with Crippen LogP contribution in [0.1, 0.15) is 57.8 Å². The van der Waals surface area contributed by atoms with Gasteiger partial charge in [-0.15, -0.1) is 0 Å². The maximum Gasteiger partial charge on any atom is 0.305 e. The Labute approximate surface area is 190 Å². The van der Waals surface area contributed by atoms with Crippen LogP contribution in [0.2, 0.25) is 0 Å². The number of hydrogen-bond donors (Lipinski definition) is 4. The topological polar surface area (TPSA) is 141 Å². The summed E-state index contributed by atoms with van der Waals surface area (Å²) in [6.07, 6.45) is 6.95. The van der Waals surface area contributed by atoms with Gasteiger partial charge in [-0.1, -0.05) is 0 Å². The van der Waals surface area contributed by atoms with Crippen molar-refractivity contribution in [3.63, 3.8) is 0 Å². The number of piperidine rings is 2. The Kier molecular flexibility index (Phi) is 9.55. The zero-order valence-electron chi connectivity index (χ0n) is 19.0.